The van der Waals surface area contributed by atoms with Gasteiger partial charge in [-0.2, -0.15) is 0 Å². The summed E-state index contributed by atoms with van der Waals surface area (Å²) in [5, 5.41) is 1.67. The number of hydrogen-bond acceptors (Lipinski definition) is 7. The molecule has 4 aromatic rings. The van der Waals surface area contributed by atoms with Crippen LogP contribution in [0.15, 0.2) is 57.7 Å². The molecule has 158 valence electrons. The van der Waals surface area contributed by atoms with Gasteiger partial charge in [-0.15, -0.1) is 0 Å². The zero-order chi connectivity index (χ0) is 21.4. The van der Waals surface area contributed by atoms with Crippen LogP contribution in [0.4, 0.5) is 5.13 Å². The first-order valence-corrected chi connectivity index (χ1v) is 11.0. The lowest BCUT2D eigenvalue weighted by Crippen LogP contribution is -2.49. The number of thiazole rings is 1. The molecule has 1 aliphatic rings. The van der Waals surface area contributed by atoms with Crippen LogP contribution >= 0.6 is 11.3 Å². The highest BCUT2D eigenvalue weighted by Gasteiger charge is 2.26. The van der Waals surface area contributed by atoms with E-state index in [1.807, 2.05) is 37.3 Å². The van der Waals surface area contributed by atoms with Gasteiger partial charge in [-0.05, 0) is 37.3 Å². The lowest BCUT2D eigenvalue weighted by molar-refractivity contribution is 0.0742. The van der Waals surface area contributed by atoms with E-state index in [0.29, 0.717) is 38.4 Å². The van der Waals surface area contributed by atoms with Crippen LogP contribution < -0.4 is 15.3 Å². The topological polar surface area (TPSA) is 75.9 Å². The number of aromatic nitrogens is 1. The van der Waals surface area contributed by atoms with Crippen LogP contribution in [-0.4, -0.2) is 48.6 Å². The molecule has 0 aliphatic carbocycles. The smallest absolute Gasteiger partial charge is 0.349 e. The first-order chi connectivity index (χ1) is 15.1. The zero-order valence-electron chi connectivity index (χ0n) is 17.0. The van der Waals surface area contributed by atoms with E-state index < -0.39 is 5.63 Å². The summed E-state index contributed by atoms with van der Waals surface area (Å²) in [5.41, 5.74) is 0.908. The number of carbonyl (C=O) groups is 1. The molecule has 1 fully saturated rings. The van der Waals surface area contributed by atoms with Crippen LogP contribution in [0.2, 0.25) is 0 Å². The molecule has 1 amide bonds. The number of rotatable bonds is 4. The second-order valence-electron chi connectivity index (χ2n) is 7.32. The molecule has 3 heterocycles. The summed E-state index contributed by atoms with van der Waals surface area (Å²) in [6.07, 6.45) is 0. The van der Waals surface area contributed by atoms with Gasteiger partial charge in [-0.1, -0.05) is 29.5 Å². The van der Waals surface area contributed by atoms with Gasteiger partial charge in [0.2, 0.25) is 0 Å². The highest BCUT2D eigenvalue weighted by atomic mass is 32.1. The van der Waals surface area contributed by atoms with Crippen molar-refractivity contribution in [1.82, 2.24) is 9.88 Å². The minimum Gasteiger partial charge on any atom is -0.494 e. The number of hydrogen-bond donors (Lipinski definition) is 0. The monoisotopic (exact) mass is 435 g/mol. The third kappa shape index (κ3) is 3.74. The average Bonchev–Trinajstić information content (AvgIpc) is 3.22. The molecule has 5 rings (SSSR count). The molecule has 0 saturated carbocycles. The van der Waals surface area contributed by atoms with E-state index >= 15 is 0 Å². The highest BCUT2D eigenvalue weighted by molar-refractivity contribution is 7.22. The lowest BCUT2D eigenvalue weighted by Gasteiger charge is -2.34. The number of amides is 1. The SMILES string of the molecule is CCOc1ccc2nc(N3CCN(C(=O)c4cc5ccccc5oc4=O)CC3)sc2c1. The van der Waals surface area contributed by atoms with Crippen molar-refractivity contribution < 1.29 is 13.9 Å². The highest BCUT2D eigenvalue weighted by Crippen LogP contribution is 2.32. The molecule has 31 heavy (non-hydrogen) atoms. The maximum atomic E-state index is 13.0. The van der Waals surface area contributed by atoms with Gasteiger partial charge in [0.05, 0.1) is 16.8 Å². The van der Waals surface area contributed by atoms with Gasteiger partial charge in [-0.25, -0.2) is 9.78 Å². The van der Waals surface area contributed by atoms with Crippen LogP contribution in [-0.2, 0) is 0 Å². The van der Waals surface area contributed by atoms with E-state index in [-0.39, 0.29) is 11.5 Å². The minimum absolute atomic E-state index is 0.0793. The lowest BCUT2D eigenvalue weighted by atomic mass is 10.1. The average molecular weight is 436 g/mol. The number of benzene rings is 2. The fourth-order valence-electron chi connectivity index (χ4n) is 3.77. The minimum atomic E-state index is -0.595. The van der Waals surface area contributed by atoms with Crippen LogP contribution in [0.1, 0.15) is 17.3 Å². The van der Waals surface area contributed by atoms with Crippen LogP contribution in [0.3, 0.4) is 0 Å². The van der Waals surface area contributed by atoms with Crippen molar-refractivity contribution in [2.45, 2.75) is 6.92 Å². The standard InChI is InChI=1S/C23H21N3O4S/c1-2-29-16-7-8-18-20(14-16)31-23(24-18)26-11-9-25(10-12-26)21(27)17-13-15-5-3-4-6-19(15)30-22(17)28/h3-8,13-14H,2,9-12H2,1H3. The van der Waals surface area contributed by atoms with Crippen molar-refractivity contribution in [2.24, 2.45) is 0 Å². The quantitative estimate of drug-likeness (QED) is 0.454. The van der Waals surface area contributed by atoms with E-state index in [1.54, 1.807) is 34.4 Å². The van der Waals surface area contributed by atoms with Crippen LogP contribution in [0.25, 0.3) is 21.2 Å². The summed E-state index contributed by atoms with van der Waals surface area (Å²) in [6, 6.07) is 14.7. The van der Waals surface area contributed by atoms with Gasteiger partial charge in [0.25, 0.3) is 5.91 Å². The maximum Gasteiger partial charge on any atom is 0.349 e. The Labute approximate surface area is 182 Å². The van der Waals surface area contributed by atoms with Crippen molar-refractivity contribution in [3.8, 4) is 5.75 Å². The summed E-state index contributed by atoms with van der Waals surface area (Å²) in [5.74, 6) is 0.555. The number of carbonyl (C=O) groups excluding carboxylic acids is 1. The first-order valence-electron chi connectivity index (χ1n) is 10.2. The molecule has 0 bridgehead atoms. The fraction of sp³-hybridized carbons (Fsp3) is 0.261. The van der Waals surface area contributed by atoms with Gasteiger partial charge in [0.15, 0.2) is 5.13 Å². The molecular weight excluding hydrogens is 414 g/mol. The van der Waals surface area contributed by atoms with Gasteiger partial charge >= 0.3 is 5.63 Å². The predicted octanol–water partition coefficient (Wildman–Crippen LogP) is 3.76. The van der Waals surface area contributed by atoms with Crippen LogP contribution in [0.5, 0.6) is 5.75 Å². The molecule has 0 spiro atoms. The van der Waals surface area contributed by atoms with E-state index in [1.165, 1.54) is 0 Å². The predicted molar refractivity (Wildman–Crippen MR) is 121 cm³/mol. The molecule has 8 heteroatoms. The van der Waals surface area contributed by atoms with E-state index in [0.717, 1.165) is 26.5 Å². The Kier molecular flexibility index (Phi) is 5.07. The third-order valence-corrected chi connectivity index (χ3v) is 6.45. The van der Waals surface area contributed by atoms with Gasteiger partial charge in [0.1, 0.15) is 16.9 Å². The Bertz CT molecular complexity index is 1320. The zero-order valence-corrected chi connectivity index (χ0v) is 17.9. The maximum absolute atomic E-state index is 13.0. The molecule has 0 radical (unpaired) electrons. The number of piperazine rings is 1. The van der Waals surface area contributed by atoms with E-state index in [2.05, 4.69) is 4.90 Å². The summed E-state index contributed by atoms with van der Waals surface area (Å²) < 4.78 is 12.0. The Morgan fingerprint density at radius 3 is 2.74 bits per heavy atom. The summed E-state index contributed by atoms with van der Waals surface area (Å²) in [6.45, 7) is 4.94. The summed E-state index contributed by atoms with van der Waals surface area (Å²) in [4.78, 5) is 33.9. The van der Waals surface area contributed by atoms with Crippen molar-refractivity contribution >= 4 is 43.6 Å². The Morgan fingerprint density at radius 1 is 1.13 bits per heavy atom. The molecule has 7 nitrogen and oxygen atoms in total. The fourth-order valence-corrected chi connectivity index (χ4v) is 4.81. The second kappa shape index (κ2) is 8.03. The van der Waals surface area contributed by atoms with E-state index in [9.17, 15) is 9.59 Å². The van der Waals surface area contributed by atoms with Gasteiger partial charge in [0, 0.05) is 31.6 Å². The number of nitrogens with zero attached hydrogens (tertiary/aromatic N) is 3. The third-order valence-electron chi connectivity index (χ3n) is 5.37. The number of para-hydroxylation sites is 1. The molecule has 0 atom stereocenters. The largest absolute Gasteiger partial charge is 0.494 e. The number of ether oxygens (including phenoxy) is 1. The second-order valence-corrected chi connectivity index (χ2v) is 8.33. The van der Waals surface area contributed by atoms with Crippen molar-refractivity contribution in [1.29, 1.82) is 0 Å². The van der Waals surface area contributed by atoms with Gasteiger partial charge < -0.3 is 19.0 Å². The van der Waals surface area contributed by atoms with Crippen LogP contribution in [0, 0.1) is 0 Å². The molecule has 2 aromatic carbocycles. The van der Waals surface area contributed by atoms with Gasteiger partial charge in [-0.3, -0.25) is 4.79 Å². The molecule has 0 unspecified atom stereocenters. The molecule has 2 aromatic heterocycles. The first kappa shape index (κ1) is 19.6. The summed E-state index contributed by atoms with van der Waals surface area (Å²) >= 11 is 1.62. The molecule has 1 saturated heterocycles. The Morgan fingerprint density at radius 2 is 1.94 bits per heavy atom. The Hall–Kier alpha value is -3.39. The van der Waals surface area contributed by atoms with E-state index in [4.69, 9.17) is 14.1 Å². The van der Waals surface area contributed by atoms with Crippen molar-refractivity contribution in [3.05, 3.63) is 64.5 Å². The molecule has 0 N–H and O–H groups in total. The number of anilines is 1. The number of fused-ring (bicyclic) bond motifs is 2. The summed E-state index contributed by atoms with van der Waals surface area (Å²) in [7, 11) is 0. The van der Waals surface area contributed by atoms with Crippen molar-refractivity contribution in [3.63, 3.8) is 0 Å². The van der Waals surface area contributed by atoms with Crippen molar-refractivity contribution in [2.75, 3.05) is 37.7 Å². The molecular formula is C23H21N3O4S. The normalized spacial score (nSPS) is 14.4. The molecule has 1 aliphatic heterocycles. The Balaban J connectivity index is 1.31.